The van der Waals surface area contributed by atoms with Crippen LogP contribution >= 0.6 is 11.3 Å². The van der Waals surface area contributed by atoms with Crippen LogP contribution in [0.5, 0.6) is 0 Å². The Morgan fingerprint density at radius 3 is 2.64 bits per heavy atom. The zero-order valence-electron chi connectivity index (χ0n) is 15.1. The van der Waals surface area contributed by atoms with Gasteiger partial charge < -0.3 is 14.3 Å². The predicted octanol–water partition coefficient (Wildman–Crippen LogP) is 2.63. The molecule has 1 amide bonds. The number of carbonyl (C=O) groups is 1. The topological polar surface area (TPSA) is 75.4 Å². The second-order valence-corrected chi connectivity index (χ2v) is 7.53. The number of thiazole rings is 1. The lowest BCUT2D eigenvalue weighted by molar-refractivity contribution is -0.131. The molecular weight excluding hydrogens is 338 g/mol. The van der Waals surface area contributed by atoms with Crippen LogP contribution in [0.3, 0.4) is 0 Å². The van der Waals surface area contributed by atoms with E-state index in [0.29, 0.717) is 18.7 Å². The van der Waals surface area contributed by atoms with Crippen LogP contribution in [0.1, 0.15) is 50.0 Å². The normalized spacial score (nSPS) is 15.2. The van der Waals surface area contributed by atoms with Crippen LogP contribution in [0.25, 0.3) is 0 Å². The molecule has 3 heterocycles. The Hall–Kier alpha value is -1.96. The fourth-order valence-corrected chi connectivity index (χ4v) is 3.64. The van der Waals surface area contributed by atoms with E-state index in [-0.39, 0.29) is 11.8 Å². The van der Waals surface area contributed by atoms with Crippen LogP contribution in [0.4, 0.5) is 5.13 Å². The van der Waals surface area contributed by atoms with Gasteiger partial charge in [0.05, 0.1) is 5.69 Å². The Morgan fingerprint density at radius 1 is 1.28 bits per heavy atom. The minimum absolute atomic E-state index is 0.207. The lowest BCUT2D eigenvalue weighted by Crippen LogP contribution is -2.48. The van der Waals surface area contributed by atoms with Crippen molar-refractivity contribution in [3.05, 3.63) is 22.8 Å². The molecule has 3 rings (SSSR count). The van der Waals surface area contributed by atoms with Crippen molar-refractivity contribution in [1.29, 1.82) is 0 Å². The smallest absolute Gasteiger partial charge is 0.226 e. The number of anilines is 1. The van der Waals surface area contributed by atoms with Gasteiger partial charge in [-0.15, -0.1) is 11.3 Å². The Labute approximate surface area is 152 Å². The summed E-state index contributed by atoms with van der Waals surface area (Å²) in [5.41, 5.74) is 1.06. The SMILES string of the molecule is Cc1csc(N2CCN(C(=O)CCCc3nc(C(C)C)no3)CC2)n1. The minimum Gasteiger partial charge on any atom is -0.345 e. The Balaban J connectivity index is 1.40. The maximum atomic E-state index is 12.4. The summed E-state index contributed by atoms with van der Waals surface area (Å²) in [5.74, 6) is 1.82. The summed E-state index contributed by atoms with van der Waals surface area (Å²) in [6, 6.07) is 0. The van der Waals surface area contributed by atoms with E-state index in [9.17, 15) is 4.79 Å². The molecule has 2 aromatic rings. The van der Waals surface area contributed by atoms with Crippen molar-refractivity contribution in [2.24, 2.45) is 0 Å². The molecule has 1 aliphatic heterocycles. The van der Waals surface area contributed by atoms with Crippen LogP contribution in [0.15, 0.2) is 9.90 Å². The Morgan fingerprint density at radius 2 is 2.04 bits per heavy atom. The van der Waals surface area contributed by atoms with Crippen molar-refractivity contribution in [2.75, 3.05) is 31.1 Å². The van der Waals surface area contributed by atoms with Crippen molar-refractivity contribution in [3.8, 4) is 0 Å². The lowest BCUT2D eigenvalue weighted by atomic mass is 10.2. The number of carbonyl (C=O) groups excluding carboxylic acids is 1. The first kappa shape index (κ1) is 17.8. The van der Waals surface area contributed by atoms with Gasteiger partial charge >= 0.3 is 0 Å². The minimum atomic E-state index is 0.207. The van der Waals surface area contributed by atoms with Gasteiger partial charge in [-0.2, -0.15) is 4.98 Å². The summed E-state index contributed by atoms with van der Waals surface area (Å²) in [6.07, 6.45) is 1.92. The zero-order chi connectivity index (χ0) is 17.8. The number of aromatic nitrogens is 3. The maximum absolute atomic E-state index is 12.4. The lowest BCUT2D eigenvalue weighted by Gasteiger charge is -2.34. The van der Waals surface area contributed by atoms with E-state index < -0.39 is 0 Å². The van der Waals surface area contributed by atoms with Gasteiger partial charge in [0.25, 0.3) is 0 Å². The van der Waals surface area contributed by atoms with E-state index in [1.54, 1.807) is 11.3 Å². The molecule has 1 saturated heterocycles. The number of hydrogen-bond acceptors (Lipinski definition) is 7. The number of rotatable bonds is 6. The number of aryl methyl sites for hydroxylation is 2. The molecule has 0 radical (unpaired) electrons. The van der Waals surface area contributed by atoms with Crippen LogP contribution in [-0.4, -0.2) is 52.1 Å². The monoisotopic (exact) mass is 363 g/mol. The number of nitrogens with zero attached hydrogens (tertiary/aromatic N) is 5. The highest BCUT2D eigenvalue weighted by Gasteiger charge is 2.22. The van der Waals surface area contributed by atoms with E-state index in [2.05, 4.69) is 25.4 Å². The van der Waals surface area contributed by atoms with Gasteiger partial charge in [0.1, 0.15) is 0 Å². The molecule has 25 heavy (non-hydrogen) atoms. The molecular formula is C17H25N5O2S. The molecule has 0 aliphatic carbocycles. The second-order valence-electron chi connectivity index (χ2n) is 6.69. The number of piperazine rings is 1. The Kier molecular flexibility index (Phi) is 5.67. The molecule has 1 aliphatic rings. The molecule has 2 aromatic heterocycles. The average molecular weight is 363 g/mol. The first-order valence-corrected chi connectivity index (χ1v) is 9.68. The van der Waals surface area contributed by atoms with Crippen molar-refractivity contribution in [1.82, 2.24) is 20.0 Å². The summed E-state index contributed by atoms with van der Waals surface area (Å²) in [7, 11) is 0. The molecule has 0 atom stereocenters. The third-order valence-electron chi connectivity index (χ3n) is 4.29. The van der Waals surface area contributed by atoms with E-state index in [0.717, 1.165) is 49.2 Å². The van der Waals surface area contributed by atoms with Crippen molar-refractivity contribution in [2.45, 2.75) is 46.0 Å². The zero-order valence-corrected chi connectivity index (χ0v) is 15.9. The highest BCUT2D eigenvalue weighted by atomic mass is 32.1. The molecule has 1 fully saturated rings. The fourth-order valence-electron chi connectivity index (χ4n) is 2.79. The van der Waals surface area contributed by atoms with Gasteiger partial charge in [-0.05, 0) is 13.3 Å². The third kappa shape index (κ3) is 4.56. The maximum Gasteiger partial charge on any atom is 0.226 e. The van der Waals surface area contributed by atoms with Gasteiger partial charge in [-0.1, -0.05) is 19.0 Å². The van der Waals surface area contributed by atoms with Gasteiger partial charge in [0.15, 0.2) is 11.0 Å². The second kappa shape index (κ2) is 7.95. The van der Waals surface area contributed by atoms with Crippen LogP contribution in [0, 0.1) is 6.92 Å². The van der Waals surface area contributed by atoms with Gasteiger partial charge in [0.2, 0.25) is 11.8 Å². The van der Waals surface area contributed by atoms with Gasteiger partial charge in [0, 0.05) is 50.3 Å². The number of hydrogen-bond donors (Lipinski definition) is 0. The first-order chi connectivity index (χ1) is 12.0. The van der Waals surface area contributed by atoms with Crippen molar-refractivity contribution < 1.29 is 9.32 Å². The summed E-state index contributed by atoms with van der Waals surface area (Å²) in [5, 5.41) is 7.07. The molecule has 0 N–H and O–H groups in total. The molecule has 0 saturated carbocycles. The highest BCUT2D eigenvalue weighted by molar-refractivity contribution is 7.13. The van der Waals surface area contributed by atoms with Crippen LogP contribution in [0.2, 0.25) is 0 Å². The predicted molar refractivity (Wildman–Crippen MR) is 97.0 cm³/mol. The van der Waals surface area contributed by atoms with Crippen LogP contribution < -0.4 is 4.90 Å². The summed E-state index contributed by atoms with van der Waals surface area (Å²) < 4.78 is 5.22. The highest BCUT2D eigenvalue weighted by Crippen LogP contribution is 2.21. The van der Waals surface area contributed by atoms with E-state index in [1.807, 2.05) is 25.7 Å². The molecule has 7 nitrogen and oxygen atoms in total. The summed E-state index contributed by atoms with van der Waals surface area (Å²) in [6.45, 7) is 9.29. The summed E-state index contributed by atoms with van der Waals surface area (Å²) in [4.78, 5) is 25.5. The average Bonchev–Trinajstić information content (AvgIpc) is 3.24. The van der Waals surface area contributed by atoms with E-state index in [1.165, 1.54) is 0 Å². The standard InChI is InChI=1S/C17H25N5O2S/c1-12(2)16-19-14(24-20-16)5-4-6-15(23)21-7-9-22(10-8-21)17-18-13(3)11-25-17/h11-12H,4-10H2,1-3H3. The van der Waals surface area contributed by atoms with Crippen molar-refractivity contribution >= 4 is 22.4 Å². The fraction of sp³-hybridized carbons (Fsp3) is 0.647. The number of amides is 1. The molecule has 136 valence electrons. The third-order valence-corrected chi connectivity index (χ3v) is 5.31. The molecule has 0 aromatic carbocycles. The van der Waals surface area contributed by atoms with Crippen LogP contribution in [-0.2, 0) is 11.2 Å². The van der Waals surface area contributed by atoms with E-state index >= 15 is 0 Å². The first-order valence-electron chi connectivity index (χ1n) is 8.80. The molecule has 8 heteroatoms. The van der Waals surface area contributed by atoms with Crippen molar-refractivity contribution in [3.63, 3.8) is 0 Å². The van der Waals surface area contributed by atoms with Gasteiger partial charge in [-0.3, -0.25) is 4.79 Å². The Bertz CT molecular complexity index is 703. The summed E-state index contributed by atoms with van der Waals surface area (Å²) >= 11 is 1.67. The van der Waals surface area contributed by atoms with E-state index in [4.69, 9.17) is 4.52 Å². The molecule has 0 unspecified atom stereocenters. The largest absolute Gasteiger partial charge is 0.345 e. The molecule has 0 bridgehead atoms. The molecule has 0 spiro atoms. The quantitative estimate of drug-likeness (QED) is 0.785. The van der Waals surface area contributed by atoms with Gasteiger partial charge in [-0.25, -0.2) is 4.98 Å².